The first-order valence-corrected chi connectivity index (χ1v) is 4.75. The summed E-state index contributed by atoms with van der Waals surface area (Å²) in [5, 5.41) is 7.67. The lowest BCUT2D eigenvalue weighted by Gasteiger charge is -2.05. The molecule has 3 heteroatoms. The van der Waals surface area contributed by atoms with E-state index >= 15 is 0 Å². The van der Waals surface area contributed by atoms with Crippen molar-refractivity contribution in [2.24, 2.45) is 0 Å². The first-order chi connectivity index (χ1) is 6.40. The van der Waals surface area contributed by atoms with Crippen molar-refractivity contribution in [1.82, 2.24) is 15.1 Å². The molecule has 13 heavy (non-hydrogen) atoms. The third-order valence-electron chi connectivity index (χ3n) is 2.26. The predicted molar refractivity (Wildman–Crippen MR) is 52.3 cm³/mol. The maximum atomic E-state index is 4.21. The van der Waals surface area contributed by atoms with Crippen molar-refractivity contribution in [3.63, 3.8) is 0 Å². The van der Waals surface area contributed by atoms with Crippen LogP contribution in [0.25, 0.3) is 0 Å². The average Bonchev–Trinajstić information content (AvgIpc) is 2.86. The molecule has 1 heterocycles. The monoisotopic (exact) mass is 177 g/mol. The zero-order chi connectivity index (χ0) is 9.10. The van der Waals surface area contributed by atoms with E-state index in [0.717, 1.165) is 19.1 Å². The van der Waals surface area contributed by atoms with Gasteiger partial charge in [-0.3, -0.25) is 4.68 Å². The van der Waals surface area contributed by atoms with E-state index in [1.54, 1.807) is 0 Å². The zero-order valence-electron chi connectivity index (χ0n) is 7.74. The number of rotatable bonds is 5. The van der Waals surface area contributed by atoms with Crippen LogP contribution < -0.4 is 5.32 Å². The molecular formula is C10H15N3. The van der Waals surface area contributed by atoms with Gasteiger partial charge in [-0.15, -0.1) is 6.58 Å². The standard InChI is InChI=1S/C10H15N3/c1-2-7-13-10(5-6-12-13)8-11-9-3-4-9/h2,5-6,9,11H,1,3-4,7-8H2. The van der Waals surface area contributed by atoms with Crippen LogP contribution in [-0.2, 0) is 13.1 Å². The molecule has 0 bridgehead atoms. The van der Waals surface area contributed by atoms with Crippen LogP contribution in [0.4, 0.5) is 0 Å². The van der Waals surface area contributed by atoms with Gasteiger partial charge in [0, 0.05) is 18.8 Å². The highest BCUT2D eigenvalue weighted by Gasteiger charge is 2.20. The van der Waals surface area contributed by atoms with Gasteiger partial charge >= 0.3 is 0 Å². The van der Waals surface area contributed by atoms with E-state index < -0.39 is 0 Å². The summed E-state index contributed by atoms with van der Waals surface area (Å²) in [6, 6.07) is 2.81. The molecule has 1 N–H and O–H groups in total. The minimum atomic E-state index is 0.757. The van der Waals surface area contributed by atoms with Crippen LogP contribution in [0, 0.1) is 0 Å². The number of hydrogen-bond acceptors (Lipinski definition) is 2. The summed E-state index contributed by atoms with van der Waals surface area (Å²) in [5.74, 6) is 0. The highest BCUT2D eigenvalue weighted by molar-refractivity contribution is 5.02. The van der Waals surface area contributed by atoms with Crippen molar-refractivity contribution in [3.05, 3.63) is 30.6 Å². The minimum absolute atomic E-state index is 0.757. The Bertz CT molecular complexity index is 286. The maximum absolute atomic E-state index is 4.21. The smallest absolute Gasteiger partial charge is 0.0591 e. The first kappa shape index (κ1) is 8.51. The molecule has 70 valence electrons. The number of nitrogens with one attached hydrogen (secondary N) is 1. The molecule has 0 aliphatic heterocycles. The van der Waals surface area contributed by atoms with Gasteiger partial charge < -0.3 is 5.32 Å². The molecular weight excluding hydrogens is 162 g/mol. The van der Waals surface area contributed by atoms with Gasteiger partial charge in [-0.2, -0.15) is 5.10 Å². The fourth-order valence-corrected chi connectivity index (χ4v) is 1.33. The third kappa shape index (κ3) is 2.18. The summed E-state index contributed by atoms with van der Waals surface area (Å²) in [5.41, 5.74) is 1.24. The number of hydrogen-bond donors (Lipinski definition) is 1. The molecule has 1 aromatic rings. The first-order valence-electron chi connectivity index (χ1n) is 4.75. The predicted octanol–water partition coefficient (Wildman–Crippen LogP) is 1.32. The van der Waals surface area contributed by atoms with Crippen LogP contribution in [-0.4, -0.2) is 15.8 Å². The number of allylic oxidation sites excluding steroid dienone is 1. The van der Waals surface area contributed by atoms with Gasteiger partial charge in [0.15, 0.2) is 0 Å². The van der Waals surface area contributed by atoms with Crippen molar-refractivity contribution in [2.75, 3.05) is 0 Å². The summed E-state index contributed by atoms with van der Waals surface area (Å²) >= 11 is 0. The van der Waals surface area contributed by atoms with Gasteiger partial charge in [0.05, 0.1) is 12.2 Å². The van der Waals surface area contributed by atoms with Crippen LogP contribution in [0.3, 0.4) is 0 Å². The maximum Gasteiger partial charge on any atom is 0.0591 e. The van der Waals surface area contributed by atoms with Gasteiger partial charge in [-0.05, 0) is 18.9 Å². The Kier molecular flexibility index (Phi) is 2.45. The molecule has 0 radical (unpaired) electrons. The summed E-state index contributed by atoms with van der Waals surface area (Å²) < 4.78 is 1.97. The SMILES string of the molecule is C=CCn1nccc1CNC1CC1. The molecule has 0 unspecified atom stereocenters. The van der Waals surface area contributed by atoms with E-state index in [1.807, 2.05) is 17.0 Å². The molecule has 0 amide bonds. The van der Waals surface area contributed by atoms with Crippen LogP contribution in [0.15, 0.2) is 24.9 Å². The van der Waals surface area contributed by atoms with Gasteiger partial charge in [-0.1, -0.05) is 6.08 Å². The van der Waals surface area contributed by atoms with Crippen LogP contribution in [0.1, 0.15) is 18.5 Å². The molecule has 2 rings (SSSR count). The van der Waals surface area contributed by atoms with E-state index in [9.17, 15) is 0 Å². The van der Waals surface area contributed by atoms with Crippen molar-refractivity contribution in [2.45, 2.75) is 32.0 Å². The fraction of sp³-hybridized carbons (Fsp3) is 0.500. The van der Waals surface area contributed by atoms with Crippen molar-refractivity contribution >= 4 is 0 Å². The lowest BCUT2D eigenvalue weighted by molar-refractivity contribution is 0.600. The average molecular weight is 177 g/mol. The van der Waals surface area contributed by atoms with Crippen LogP contribution in [0.5, 0.6) is 0 Å². The molecule has 3 nitrogen and oxygen atoms in total. The van der Waals surface area contributed by atoms with Crippen LogP contribution >= 0.6 is 0 Å². The minimum Gasteiger partial charge on any atom is -0.308 e. The highest BCUT2D eigenvalue weighted by atomic mass is 15.3. The van der Waals surface area contributed by atoms with Gasteiger partial charge in [0.2, 0.25) is 0 Å². The second-order valence-corrected chi connectivity index (χ2v) is 3.45. The Hall–Kier alpha value is -1.09. The van der Waals surface area contributed by atoms with Gasteiger partial charge in [-0.25, -0.2) is 0 Å². The van der Waals surface area contributed by atoms with Crippen molar-refractivity contribution in [1.29, 1.82) is 0 Å². The van der Waals surface area contributed by atoms with Crippen molar-refractivity contribution < 1.29 is 0 Å². The molecule has 0 saturated heterocycles. The highest BCUT2D eigenvalue weighted by Crippen LogP contribution is 2.19. The van der Waals surface area contributed by atoms with E-state index in [-0.39, 0.29) is 0 Å². The van der Waals surface area contributed by atoms with E-state index in [1.165, 1.54) is 18.5 Å². The molecule has 1 fully saturated rings. The van der Waals surface area contributed by atoms with E-state index in [2.05, 4.69) is 23.1 Å². The number of nitrogens with zero attached hydrogens (tertiary/aromatic N) is 2. The van der Waals surface area contributed by atoms with Crippen molar-refractivity contribution in [3.8, 4) is 0 Å². The van der Waals surface area contributed by atoms with E-state index in [0.29, 0.717) is 0 Å². The summed E-state index contributed by atoms with van der Waals surface area (Å²) in [6.07, 6.45) is 6.37. The second kappa shape index (κ2) is 3.75. The Labute approximate surface area is 78.4 Å². The molecule has 1 saturated carbocycles. The third-order valence-corrected chi connectivity index (χ3v) is 2.26. The molecule has 0 atom stereocenters. The largest absolute Gasteiger partial charge is 0.308 e. The summed E-state index contributed by atoms with van der Waals surface area (Å²) in [7, 11) is 0. The van der Waals surface area contributed by atoms with E-state index in [4.69, 9.17) is 0 Å². The number of aromatic nitrogens is 2. The second-order valence-electron chi connectivity index (χ2n) is 3.45. The molecule has 1 aliphatic rings. The lowest BCUT2D eigenvalue weighted by atomic mass is 10.4. The topological polar surface area (TPSA) is 29.9 Å². The quantitative estimate of drug-likeness (QED) is 0.687. The van der Waals surface area contributed by atoms with Crippen LogP contribution in [0.2, 0.25) is 0 Å². The summed E-state index contributed by atoms with van der Waals surface area (Å²) in [4.78, 5) is 0. The molecule has 0 spiro atoms. The Morgan fingerprint density at radius 1 is 1.69 bits per heavy atom. The molecule has 0 aromatic carbocycles. The van der Waals surface area contributed by atoms with Gasteiger partial charge in [0.1, 0.15) is 0 Å². The Morgan fingerprint density at radius 2 is 2.54 bits per heavy atom. The van der Waals surface area contributed by atoms with Gasteiger partial charge in [0.25, 0.3) is 0 Å². The fourth-order valence-electron chi connectivity index (χ4n) is 1.33. The lowest BCUT2D eigenvalue weighted by Crippen LogP contribution is -2.18. The normalized spacial score (nSPS) is 16.0. The summed E-state index contributed by atoms with van der Waals surface area (Å²) in [6.45, 7) is 5.43. The molecule has 1 aliphatic carbocycles. The Balaban J connectivity index is 1.92. The Morgan fingerprint density at radius 3 is 3.23 bits per heavy atom. The molecule has 1 aromatic heterocycles. The zero-order valence-corrected chi connectivity index (χ0v) is 7.74.